The number of fused-ring (bicyclic) bond motifs is 1. The van der Waals surface area contributed by atoms with Gasteiger partial charge in [0.15, 0.2) is 11.5 Å². The number of carbonyl (C=O) groups is 1. The maximum atomic E-state index is 11.5. The molecule has 0 unspecified atom stereocenters. The Morgan fingerprint density at radius 2 is 1.80 bits per heavy atom. The van der Waals surface area contributed by atoms with Gasteiger partial charge in [-0.15, -0.1) is 0 Å². The van der Waals surface area contributed by atoms with E-state index >= 15 is 0 Å². The average Bonchev–Trinajstić information content (AvgIpc) is 2.61. The summed E-state index contributed by atoms with van der Waals surface area (Å²) in [5, 5.41) is 16.0. The average molecular weight is 358 g/mol. The first-order valence-electron chi connectivity index (χ1n) is 7.32. The first kappa shape index (κ1) is 16.9. The van der Waals surface area contributed by atoms with Gasteiger partial charge in [0.25, 0.3) is 0 Å². The van der Waals surface area contributed by atoms with Gasteiger partial charge in [-0.2, -0.15) is 0 Å². The van der Waals surface area contributed by atoms with Crippen LogP contribution in [0.3, 0.4) is 0 Å². The molecule has 0 aliphatic rings. The Kier molecular flexibility index (Phi) is 4.63. The van der Waals surface area contributed by atoms with Crippen LogP contribution in [0.5, 0.6) is 11.5 Å². The number of pyridine rings is 1. The summed E-state index contributed by atoms with van der Waals surface area (Å²) in [6.07, 6.45) is 1.61. The zero-order valence-corrected chi connectivity index (χ0v) is 14.3. The highest BCUT2D eigenvalue weighted by Gasteiger charge is 2.13. The van der Waals surface area contributed by atoms with Crippen LogP contribution in [0, 0.1) is 0 Å². The van der Waals surface area contributed by atoms with Crippen molar-refractivity contribution in [1.29, 1.82) is 0 Å². The lowest BCUT2D eigenvalue weighted by Gasteiger charge is -2.17. The number of nitrogens with one attached hydrogen (secondary N) is 1. The number of anilines is 2. The molecule has 3 rings (SSSR count). The molecule has 0 saturated heterocycles. The number of halogens is 1. The van der Waals surface area contributed by atoms with Crippen LogP contribution >= 0.6 is 11.6 Å². The predicted octanol–water partition coefficient (Wildman–Crippen LogP) is 3.01. The fourth-order valence-corrected chi connectivity index (χ4v) is 2.69. The molecule has 0 saturated carbocycles. The zero-order chi connectivity index (χ0) is 18.0. The van der Waals surface area contributed by atoms with E-state index in [4.69, 9.17) is 21.1 Å². The molecule has 0 radical (unpaired) electrons. The van der Waals surface area contributed by atoms with Crippen LogP contribution in [0.25, 0.3) is 10.9 Å². The van der Waals surface area contributed by atoms with Crippen LogP contribution in [-0.4, -0.2) is 25.2 Å². The van der Waals surface area contributed by atoms with Crippen LogP contribution in [-0.2, 0) is 0 Å². The number of ether oxygens (including phenoxy) is 2. The van der Waals surface area contributed by atoms with E-state index in [9.17, 15) is 9.90 Å². The van der Waals surface area contributed by atoms with Gasteiger partial charge in [-0.1, -0.05) is 11.6 Å². The number of nitrogens with zero attached hydrogens (tertiary/aromatic N) is 1. The van der Waals surface area contributed by atoms with Crippen molar-refractivity contribution in [3.8, 4) is 11.5 Å². The Morgan fingerprint density at radius 1 is 1.08 bits per heavy atom. The lowest BCUT2D eigenvalue weighted by Crippen LogP contribution is -2.23. The number of hydrogen-bond acceptors (Lipinski definition) is 6. The zero-order valence-electron chi connectivity index (χ0n) is 13.5. The molecule has 3 aromatic rings. The number of aromatic carboxylic acids is 1. The van der Waals surface area contributed by atoms with E-state index in [2.05, 4.69) is 10.3 Å². The van der Waals surface area contributed by atoms with Crippen LogP contribution in [0.2, 0.25) is 5.02 Å². The van der Waals surface area contributed by atoms with Gasteiger partial charge in [0.2, 0.25) is 0 Å². The molecule has 0 bridgehead atoms. The van der Waals surface area contributed by atoms with Crippen LogP contribution in [0.4, 0.5) is 11.4 Å². The first-order chi connectivity index (χ1) is 12.0. The smallest absolute Gasteiger partial charge is 0.162 e. The summed E-state index contributed by atoms with van der Waals surface area (Å²) in [6.45, 7) is 0. The number of hydrogen-bond donors (Lipinski definition) is 1. The van der Waals surface area contributed by atoms with Crippen molar-refractivity contribution in [2.45, 2.75) is 0 Å². The maximum Gasteiger partial charge on any atom is 0.162 e. The number of carboxylic acids is 1. The maximum absolute atomic E-state index is 11.5. The molecule has 0 atom stereocenters. The second kappa shape index (κ2) is 6.86. The summed E-state index contributed by atoms with van der Waals surface area (Å²) < 4.78 is 10.4. The van der Waals surface area contributed by atoms with Crippen molar-refractivity contribution in [2.75, 3.05) is 19.5 Å². The molecule has 128 valence electrons. The van der Waals surface area contributed by atoms with Gasteiger partial charge in [0.1, 0.15) is 0 Å². The SMILES string of the molecule is COc1cc(Nc2ccnc3cc(Cl)ccc23)c(C(=O)[O-])cc1OC. The predicted molar refractivity (Wildman–Crippen MR) is 93.9 cm³/mol. The molecule has 1 aromatic heterocycles. The fourth-order valence-electron chi connectivity index (χ4n) is 2.53. The highest BCUT2D eigenvalue weighted by molar-refractivity contribution is 6.31. The van der Waals surface area contributed by atoms with Gasteiger partial charge in [0.05, 0.1) is 31.4 Å². The molecule has 0 amide bonds. The number of aromatic nitrogens is 1. The van der Waals surface area contributed by atoms with E-state index in [1.54, 1.807) is 30.5 Å². The summed E-state index contributed by atoms with van der Waals surface area (Å²) in [6, 6.07) is 9.93. The lowest BCUT2D eigenvalue weighted by molar-refractivity contribution is -0.254. The number of carbonyl (C=O) groups excluding carboxylic acids is 1. The molecule has 1 N–H and O–H groups in total. The Bertz CT molecular complexity index is 959. The molecule has 7 heteroatoms. The topological polar surface area (TPSA) is 83.5 Å². The summed E-state index contributed by atoms with van der Waals surface area (Å²) in [5.41, 5.74) is 1.64. The van der Waals surface area contributed by atoms with E-state index in [1.165, 1.54) is 20.3 Å². The second-order valence-corrected chi connectivity index (χ2v) is 5.62. The van der Waals surface area contributed by atoms with Crippen LogP contribution < -0.4 is 19.9 Å². The molecule has 1 heterocycles. The van der Waals surface area contributed by atoms with Crippen molar-refractivity contribution in [2.24, 2.45) is 0 Å². The first-order valence-corrected chi connectivity index (χ1v) is 7.70. The Morgan fingerprint density at radius 3 is 2.48 bits per heavy atom. The summed E-state index contributed by atoms with van der Waals surface area (Å²) >= 11 is 5.99. The number of carboxylic acid groups (broad SMARTS) is 1. The van der Waals surface area contributed by atoms with Gasteiger partial charge in [-0.25, -0.2) is 0 Å². The highest BCUT2D eigenvalue weighted by atomic mass is 35.5. The van der Waals surface area contributed by atoms with Crippen molar-refractivity contribution < 1.29 is 19.4 Å². The molecular formula is C18H14ClN2O4-. The van der Waals surface area contributed by atoms with Crippen molar-refractivity contribution in [3.05, 3.63) is 53.2 Å². The highest BCUT2D eigenvalue weighted by Crippen LogP contribution is 2.36. The van der Waals surface area contributed by atoms with Gasteiger partial charge < -0.3 is 24.7 Å². The van der Waals surface area contributed by atoms with Gasteiger partial charge in [0, 0.05) is 33.9 Å². The standard InChI is InChI=1S/C18H15ClN2O4/c1-24-16-8-12(18(22)23)15(9-17(16)25-2)21-13-5-6-20-14-7-10(19)3-4-11(13)14/h3-9H,1-2H3,(H,20,21)(H,22,23)/p-1. The molecular weight excluding hydrogens is 344 g/mol. The second-order valence-electron chi connectivity index (χ2n) is 5.19. The van der Waals surface area contributed by atoms with Crippen molar-refractivity contribution in [3.63, 3.8) is 0 Å². The normalized spacial score (nSPS) is 10.5. The largest absolute Gasteiger partial charge is 0.545 e. The lowest BCUT2D eigenvalue weighted by atomic mass is 10.1. The molecule has 0 aliphatic carbocycles. The van der Waals surface area contributed by atoms with E-state index in [-0.39, 0.29) is 5.56 Å². The van der Waals surface area contributed by atoms with E-state index in [0.29, 0.717) is 33.4 Å². The summed E-state index contributed by atoms with van der Waals surface area (Å²) in [7, 11) is 2.91. The van der Waals surface area contributed by atoms with Gasteiger partial charge >= 0.3 is 0 Å². The monoisotopic (exact) mass is 357 g/mol. The minimum absolute atomic E-state index is 0.0448. The molecule has 0 aliphatic heterocycles. The Balaban J connectivity index is 2.13. The minimum Gasteiger partial charge on any atom is -0.545 e. The molecule has 6 nitrogen and oxygen atoms in total. The van der Waals surface area contributed by atoms with Crippen LogP contribution in [0.15, 0.2) is 42.6 Å². The Hall–Kier alpha value is -2.99. The molecule has 0 fully saturated rings. The van der Waals surface area contributed by atoms with Crippen molar-refractivity contribution in [1.82, 2.24) is 4.98 Å². The van der Waals surface area contributed by atoms with E-state index < -0.39 is 5.97 Å². The third kappa shape index (κ3) is 3.29. The van der Waals surface area contributed by atoms with E-state index in [0.717, 1.165) is 5.39 Å². The van der Waals surface area contributed by atoms with E-state index in [1.807, 2.05) is 6.07 Å². The number of rotatable bonds is 5. The molecule has 25 heavy (non-hydrogen) atoms. The number of benzene rings is 2. The quantitative estimate of drug-likeness (QED) is 0.755. The summed E-state index contributed by atoms with van der Waals surface area (Å²) in [4.78, 5) is 15.8. The van der Waals surface area contributed by atoms with Gasteiger partial charge in [-0.05, 0) is 30.3 Å². The number of methoxy groups -OCH3 is 2. The molecule has 0 spiro atoms. The fraction of sp³-hybridized carbons (Fsp3) is 0.111. The Labute approximate surface area is 149 Å². The third-order valence-electron chi connectivity index (χ3n) is 3.72. The minimum atomic E-state index is -1.33. The summed E-state index contributed by atoms with van der Waals surface area (Å²) in [5.74, 6) is -0.625. The molecule has 2 aromatic carbocycles. The van der Waals surface area contributed by atoms with Crippen molar-refractivity contribution >= 4 is 39.8 Å². The van der Waals surface area contributed by atoms with Gasteiger partial charge in [-0.3, -0.25) is 4.98 Å². The van der Waals surface area contributed by atoms with Crippen LogP contribution in [0.1, 0.15) is 10.4 Å². The third-order valence-corrected chi connectivity index (χ3v) is 3.95.